The molecule has 176 valence electrons. The summed E-state index contributed by atoms with van der Waals surface area (Å²) < 4.78 is 5.09. The Hall–Kier alpha value is -2.49. The number of benzene rings is 1. The molecule has 2 fully saturated rings. The molecule has 0 radical (unpaired) electrons. The molecule has 1 unspecified atom stereocenters. The first-order valence-electron chi connectivity index (χ1n) is 11.0. The first kappa shape index (κ1) is 23.7. The van der Waals surface area contributed by atoms with E-state index in [0.29, 0.717) is 37.4 Å². The summed E-state index contributed by atoms with van der Waals surface area (Å²) in [5, 5.41) is 5.45. The number of imide groups is 1. The number of nitrogens with one attached hydrogen (secondary N) is 1. The lowest BCUT2D eigenvalue weighted by atomic mass is 9.74. The third-order valence-electron chi connectivity index (χ3n) is 6.51. The smallest absolute Gasteiger partial charge is 0.325 e. The van der Waals surface area contributed by atoms with Crippen LogP contribution in [-0.2, 0) is 27.2 Å². The van der Waals surface area contributed by atoms with Crippen LogP contribution in [0.15, 0.2) is 35.2 Å². The summed E-state index contributed by atoms with van der Waals surface area (Å²) in [4.78, 5) is 46.4. The summed E-state index contributed by atoms with van der Waals surface area (Å²) in [6.45, 7) is 1.51. The highest BCUT2D eigenvalue weighted by molar-refractivity contribution is 7.07. The molecule has 2 saturated heterocycles. The lowest BCUT2D eigenvalue weighted by Gasteiger charge is -2.41. The lowest BCUT2D eigenvalue weighted by molar-refractivity contribution is -0.136. The Kier molecular flexibility index (Phi) is 7.31. The van der Waals surface area contributed by atoms with E-state index in [2.05, 4.69) is 10.3 Å². The maximum Gasteiger partial charge on any atom is 0.325 e. The Morgan fingerprint density at radius 2 is 2.06 bits per heavy atom. The first-order chi connectivity index (χ1) is 15.9. The monoisotopic (exact) mass is 490 g/mol. The first-order valence-corrected chi connectivity index (χ1v) is 12.3. The predicted molar refractivity (Wildman–Crippen MR) is 125 cm³/mol. The number of aromatic nitrogens is 1. The number of methoxy groups -OCH3 is 1. The molecule has 2 aliphatic heterocycles. The van der Waals surface area contributed by atoms with Gasteiger partial charge in [-0.1, -0.05) is 29.8 Å². The van der Waals surface area contributed by atoms with Crippen LogP contribution in [0.3, 0.4) is 0 Å². The van der Waals surface area contributed by atoms with Gasteiger partial charge in [0.25, 0.3) is 5.91 Å². The Morgan fingerprint density at radius 3 is 2.73 bits per heavy atom. The van der Waals surface area contributed by atoms with Gasteiger partial charge in [0.15, 0.2) is 0 Å². The molecule has 1 aromatic carbocycles. The summed E-state index contributed by atoms with van der Waals surface area (Å²) in [5.41, 5.74) is 2.20. The van der Waals surface area contributed by atoms with Gasteiger partial charge in [-0.15, -0.1) is 11.3 Å². The molecule has 0 saturated carbocycles. The number of ether oxygens (including phenoxy) is 1. The van der Waals surface area contributed by atoms with Gasteiger partial charge in [0.1, 0.15) is 5.54 Å². The Bertz CT molecular complexity index is 1010. The molecule has 0 spiro atoms. The number of hydrogen-bond acceptors (Lipinski definition) is 6. The molecule has 0 aliphatic carbocycles. The SMILES string of the molecule is COCCN1C(=O)NC(Cc2ccccc2Cl)(C2CCN(C(=O)Cc3cscn3)CC2)C1=O. The molecule has 0 bridgehead atoms. The van der Waals surface area contributed by atoms with Gasteiger partial charge in [0.2, 0.25) is 5.91 Å². The van der Waals surface area contributed by atoms with Gasteiger partial charge in [-0.3, -0.25) is 14.5 Å². The minimum atomic E-state index is -1.10. The van der Waals surface area contributed by atoms with E-state index >= 15 is 0 Å². The minimum absolute atomic E-state index is 0.0306. The zero-order valence-electron chi connectivity index (χ0n) is 18.5. The number of carbonyl (C=O) groups is 3. The van der Waals surface area contributed by atoms with E-state index in [1.807, 2.05) is 28.5 Å². The highest BCUT2D eigenvalue weighted by Gasteiger charge is 2.56. The van der Waals surface area contributed by atoms with Crippen LogP contribution in [0.4, 0.5) is 4.79 Å². The van der Waals surface area contributed by atoms with Crippen LogP contribution in [0.1, 0.15) is 24.1 Å². The van der Waals surface area contributed by atoms with Crippen molar-refractivity contribution in [3.05, 3.63) is 51.4 Å². The summed E-state index contributed by atoms with van der Waals surface area (Å²) in [5.74, 6) is -0.346. The number of carbonyl (C=O) groups excluding carboxylic acids is 3. The quantitative estimate of drug-likeness (QED) is 0.574. The zero-order chi connectivity index (χ0) is 23.4. The number of hydrogen-bond donors (Lipinski definition) is 1. The number of piperidine rings is 1. The molecule has 8 nitrogen and oxygen atoms in total. The van der Waals surface area contributed by atoms with Gasteiger partial charge in [0.05, 0.1) is 30.8 Å². The van der Waals surface area contributed by atoms with Crippen molar-refractivity contribution in [2.45, 2.75) is 31.2 Å². The standard InChI is InChI=1S/C23H27ClN4O4S/c1-32-11-10-28-21(30)23(26-22(28)31,13-16-4-2-3-5-19(16)24)17-6-8-27(9-7-17)20(29)12-18-14-33-15-25-18/h2-5,14-15,17H,6-13H2,1H3,(H,26,31). The van der Waals surface area contributed by atoms with Crippen molar-refractivity contribution < 1.29 is 19.1 Å². The topological polar surface area (TPSA) is 91.8 Å². The molecule has 10 heteroatoms. The van der Waals surface area contributed by atoms with E-state index in [-0.39, 0.29) is 37.3 Å². The lowest BCUT2D eigenvalue weighted by Crippen LogP contribution is -2.58. The average Bonchev–Trinajstić information content (AvgIpc) is 3.41. The molecular weight excluding hydrogens is 464 g/mol. The number of amides is 4. The molecule has 2 aliphatic rings. The maximum absolute atomic E-state index is 13.6. The second-order valence-corrected chi connectivity index (χ2v) is 9.56. The molecule has 1 atom stereocenters. The number of halogens is 1. The zero-order valence-corrected chi connectivity index (χ0v) is 20.0. The van der Waals surface area contributed by atoms with Crippen molar-refractivity contribution in [3.63, 3.8) is 0 Å². The van der Waals surface area contributed by atoms with Gasteiger partial charge in [-0.2, -0.15) is 0 Å². The number of nitrogens with zero attached hydrogens (tertiary/aromatic N) is 3. The Morgan fingerprint density at radius 1 is 1.30 bits per heavy atom. The summed E-state index contributed by atoms with van der Waals surface area (Å²) >= 11 is 7.89. The van der Waals surface area contributed by atoms with Gasteiger partial charge in [-0.05, 0) is 30.4 Å². The minimum Gasteiger partial charge on any atom is -0.383 e. The number of likely N-dealkylation sites (tertiary alicyclic amines) is 1. The highest BCUT2D eigenvalue weighted by atomic mass is 35.5. The van der Waals surface area contributed by atoms with E-state index in [9.17, 15) is 14.4 Å². The molecule has 4 amide bonds. The van der Waals surface area contributed by atoms with Gasteiger partial charge < -0.3 is 15.0 Å². The molecule has 3 heterocycles. The maximum atomic E-state index is 13.6. The highest BCUT2D eigenvalue weighted by Crippen LogP contribution is 2.37. The van der Waals surface area contributed by atoms with Crippen LogP contribution < -0.4 is 5.32 Å². The molecule has 1 N–H and O–H groups in total. The second kappa shape index (κ2) is 10.2. The molecule has 1 aromatic heterocycles. The number of rotatable bonds is 8. The van der Waals surface area contributed by atoms with Crippen LogP contribution in [0.2, 0.25) is 5.02 Å². The largest absolute Gasteiger partial charge is 0.383 e. The van der Waals surface area contributed by atoms with Gasteiger partial charge >= 0.3 is 6.03 Å². The van der Waals surface area contributed by atoms with Gasteiger partial charge in [0, 0.05) is 37.0 Å². The van der Waals surface area contributed by atoms with E-state index in [1.165, 1.54) is 23.3 Å². The van der Waals surface area contributed by atoms with Crippen molar-refractivity contribution in [2.24, 2.45) is 5.92 Å². The fraction of sp³-hybridized carbons (Fsp3) is 0.478. The number of urea groups is 1. The van der Waals surface area contributed by atoms with Gasteiger partial charge in [-0.25, -0.2) is 9.78 Å². The fourth-order valence-corrected chi connectivity index (χ4v) is 5.49. The second-order valence-electron chi connectivity index (χ2n) is 8.43. The summed E-state index contributed by atoms with van der Waals surface area (Å²) in [7, 11) is 1.54. The third kappa shape index (κ3) is 4.90. The van der Waals surface area contributed by atoms with E-state index in [1.54, 1.807) is 11.6 Å². The van der Waals surface area contributed by atoms with Crippen molar-refractivity contribution >= 4 is 40.8 Å². The van der Waals surface area contributed by atoms with Crippen molar-refractivity contribution in [1.29, 1.82) is 0 Å². The third-order valence-corrected chi connectivity index (χ3v) is 7.51. The van der Waals surface area contributed by atoms with Crippen LogP contribution in [0, 0.1) is 5.92 Å². The summed E-state index contributed by atoms with van der Waals surface area (Å²) in [6, 6.07) is 6.97. The van der Waals surface area contributed by atoms with E-state index in [4.69, 9.17) is 16.3 Å². The number of thiazole rings is 1. The Balaban J connectivity index is 1.53. The Labute approximate surface area is 201 Å². The van der Waals surface area contributed by atoms with Crippen molar-refractivity contribution in [1.82, 2.24) is 20.1 Å². The predicted octanol–water partition coefficient (Wildman–Crippen LogP) is 2.76. The average molecular weight is 491 g/mol. The van der Waals surface area contributed by atoms with Crippen molar-refractivity contribution in [2.75, 3.05) is 33.4 Å². The van der Waals surface area contributed by atoms with Crippen LogP contribution >= 0.6 is 22.9 Å². The fourth-order valence-electron chi connectivity index (χ4n) is 4.73. The summed E-state index contributed by atoms with van der Waals surface area (Å²) in [6.07, 6.45) is 1.80. The van der Waals surface area contributed by atoms with E-state index < -0.39 is 11.6 Å². The normalized spacial score (nSPS) is 21.5. The van der Waals surface area contributed by atoms with Crippen molar-refractivity contribution in [3.8, 4) is 0 Å². The van der Waals surface area contributed by atoms with E-state index in [0.717, 1.165) is 11.3 Å². The molecule has 2 aromatic rings. The van der Waals surface area contributed by atoms with Crippen LogP contribution in [0.5, 0.6) is 0 Å². The molecular formula is C23H27ClN4O4S. The molecule has 4 rings (SSSR count). The molecule has 33 heavy (non-hydrogen) atoms. The van der Waals surface area contributed by atoms with Crippen LogP contribution in [-0.4, -0.2) is 71.5 Å². The van der Waals surface area contributed by atoms with Crippen LogP contribution in [0.25, 0.3) is 0 Å².